The Morgan fingerprint density at radius 2 is 2.24 bits per heavy atom. The first-order valence-corrected chi connectivity index (χ1v) is 5.67. The van der Waals surface area contributed by atoms with E-state index in [1.165, 1.54) is 24.3 Å². The van der Waals surface area contributed by atoms with Gasteiger partial charge in [-0.25, -0.2) is 9.18 Å². The summed E-state index contributed by atoms with van der Waals surface area (Å²) in [4.78, 5) is 11.4. The summed E-state index contributed by atoms with van der Waals surface area (Å²) < 4.78 is 17.7. The van der Waals surface area contributed by atoms with Crippen molar-refractivity contribution in [2.45, 2.75) is 18.9 Å². The number of carbonyl (C=O) groups is 1. The molecule has 17 heavy (non-hydrogen) atoms. The first kappa shape index (κ1) is 11.9. The Morgan fingerprint density at radius 1 is 1.47 bits per heavy atom. The van der Waals surface area contributed by atoms with Crippen molar-refractivity contribution in [3.8, 4) is 0 Å². The highest BCUT2D eigenvalue weighted by Crippen LogP contribution is 2.09. The van der Waals surface area contributed by atoms with Gasteiger partial charge in [0.25, 0.3) is 0 Å². The largest absolute Gasteiger partial charge is 0.448 e. The minimum absolute atomic E-state index is 0.258. The monoisotopic (exact) mass is 238 g/mol. The molecular formula is C12H15FN2O2. The van der Waals surface area contributed by atoms with Crippen molar-refractivity contribution in [1.29, 1.82) is 0 Å². The van der Waals surface area contributed by atoms with Crippen LogP contribution in [0.25, 0.3) is 0 Å². The van der Waals surface area contributed by atoms with E-state index < -0.39 is 6.09 Å². The second-order valence-electron chi connectivity index (χ2n) is 4.02. The summed E-state index contributed by atoms with van der Waals surface area (Å²) in [6, 6.07) is 5.81. The second kappa shape index (κ2) is 5.63. The molecule has 0 saturated carbocycles. The Labute approximate surface area is 99.2 Å². The number of carbonyl (C=O) groups excluding carboxylic acids is 1. The average molecular weight is 238 g/mol. The molecule has 1 heterocycles. The second-order valence-corrected chi connectivity index (χ2v) is 4.02. The molecule has 92 valence electrons. The standard InChI is InChI=1S/C12H15FN2O2/c13-9-3-5-10(6-4-9)15-12(16)17-8-11-2-1-7-14-11/h3-6,11,14H,1-2,7-8H2,(H,15,16). The number of benzene rings is 1. The third-order valence-corrected chi connectivity index (χ3v) is 2.67. The molecule has 1 fully saturated rings. The molecule has 0 radical (unpaired) electrons. The van der Waals surface area contributed by atoms with Gasteiger partial charge < -0.3 is 10.1 Å². The molecule has 0 aromatic heterocycles. The lowest BCUT2D eigenvalue weighted by Crippen LogP contribution is -2.29. The molecule has 0 aliphatic carbocycles. The number of anilines is 1. The summed E-state index contributed by atoms with van der Waals surface area (Å²) in [6.07, 6.45) is 1.64. The Morgan fingerprint density at radius 3 is 2.88 bits per heavy atom. The van der Waals surface area contributed by atoms with Crippen LogP contribution < -0.4 is 10.6 Å². The summed E-state index contributed by atoms with van der Waals surface area (Å²) >= 11 is 0. The maximum Gasteiger partial charge on any atom is 0.411 e. The first-order valence-electron chi connectivity index (χ1n) is 5.67. The number of rotatable bonds is 3. The Balaban J connectivity index is 1.74. The van der Waals surface area contributed by atoms with E-state index in [4.69, 9.17) is 4.74 Å². The van der Waals surface area contributed by atoms with Gasteiger partial charge in [-0.2, -0.15) is 0 Å². The van der Waals surface area contributed by atoms with Crippen LogP contribution in [0.5, 0.6) is 0 Å². The van der Waals surface area contributed by atoms with E-state index in [0.29, 0.717) is 12.3 Å². The predicted octanol–water partition coefficient (Wildman–Crippen LogP) is 2.13. The molecule has 1 aromatic carbocycles. The van der Waals surface area contributed by atoms with Crippen molar-refractivity contribution in [3.63, 3.8) is 0 Å². The van der Waals surface area contributed by atoms with Crippen molar-refractivity contribution < 1.29 is 13.9 Å². The Hall–Kier alpha value is -1.62. The van der Waals surface area contributed by atoms with Gasteiger partial charge in [0, 0.05) is 11.7 Å². The maximum atomic E-state index is 12.6. The first-order chi connectivity index (χ1) is 8.24. The Kier molecular flexibility index (Phi) is 3.93. The van der Waals surface area contributed by atoms with Gasteiger partial charge >= 0.3 is 6.09 Å². The van der Waals surface area contributed by atoms with Crippen LogP contribution in [-0.4, -0.2) is 25.3 Å². The number of hydrogen-bond acceptors (Lipinski definition) is 3. The van der Waals surface area contributed by atoms with Crippen LogP contribution in [0.1, 0.15) is 12.8 Å². The predicted molar refractivity (Wildman–Crippen MR) is 62.4 cm³/mol. The lowest BCUT2D eigenvalue weighted by molar-refractivity contribution is 0.151. The molecule has 0 bridgehead atoms. The molecule has 5 heteroatoms. The van der Waals surface area contributed by atoms with Gasteiger partial charge in [0.05, 0.1) is 0 Å². The van der Waals surface area contributed by atoms with Crippen LogP contribution >= 0.6 is 0 Å². The number of nitrogens with one attached hydrogen (secondary N) is 2. The molecule has 1 aliphatic heterocycles. The molecule has 0 spiro atoms. The molecule has 2 rings (SSSR count). The third kappa shape index (κ3) is 3.71. The van der Waals surface area contributed by atoms with Crippen molar-refractivity contribution in [1.82, 2.24) is 5.32 Å². The summed E-state index contributed by atoms with van der Waals surface area (Å²) in [5.41, 5.74) is 0.524. The van der Waals surface area contributed by atoms with Crippen LogP contribution in [0.2, 0.25) is 0 Å². The molecule has 1 aromatic rings. The lowest BCUT2D eigenvalue weighted by Gasteiger charge is -2.11. The van der Waals surface area contributed by atoms with E-state index in [9.17, 15) is 9.18 Å². The van der Waals surface area contributed by atoms with Crippen molar-refractivity contribution in [3.05, 3.63) is 30.1 Å². The smallest absolute Gasteiger partial charge is 0.411 e. The number of amides is 1. The fraction of sp³-hybridized carbons (Fsp3) is 0.417. The molecule has 1 unspecified atom stereocenters. The highest BCUT2D eigenvalue weighted by Gasteiger charge is 2.15. The zero-order valence-corrected chi connectivity index (χ0v) is 9.41. The van der Waals surface area contributed by atoms with Crippen LogP contribution in [0.4, 0.5) is 14.9 Å². The average Bonchev–Trinajstić information content (AvgIpc) is 2.83. The molecule has 1 atom stereocenters. The summed E-state index contributed by atoms with van der Waals surface area (Å²) in [5, 5.41) is 5.77. The molecule has 1 amide bonds. The lowest BCUT2D eigenvalue weighted by atomic mass is 10.2. The highest BCUT2D eigenvalue weighted by atomic mass is 19.1. The van der Waals surface area contributed by atoms with Gasteiger partial charge in [0.2, 0.25) is 0 Å². The van der Waals surface area contributed by atoms with Crippen LogP contribution in [0.3, 0.4) is 0 Å². The summed E-state index contributed by atoms with van der Waals surface area (Å²) in [5.74, 6) is -0.334. The molecular weight excluding hydrogens is 223 g/mol. The molecule has 1 aliphatic rings. The van der Waals surface area contributed by atoms with Gasteiger partial charge in [0.15, 0.2) is 0 Å². The number of halogens is 1. The van der Waals surface area contributed by atoms with Gasteiger partial charge in [0.1, 0.15) is 12.4 Å². The van der Waals surface area contributed by atoms with Gasteiger partial charge in [-0.05, 0) is 43.7 Å². The van der Waals surface area contributed by atoms with Crippen molar-refractivity contribution in [2.24, 2.45) is 0 Å². The van der Waals surface area contributed by atoms with E-state index in [1.807, 2.05) is 0 Å². The fourth-order valence-corrected chi connectivity index (χ4v) is 1.76. The van der Waals surface area contributed by atoms with Crippen molar-refractivity contribution >= 4 is 11.8 Å². The highest BCUT2D eigenvalue weighted by molar-refractivity contribution is 5.84. The Bertz CT molecular complexity index is 375. The maximum absolute atomic E-state index is 12.6. The van der Waals surface area contributed by atoms with E-state index in [0.717, 1.165) is 19.4 Å². The minimum Gasteiger partial charge on any atom is -0.448 e. The quantitative estimate of drug-likeness (QED) is 0.848. The molecule has 2 N–H and O–H groups in total. The fourth-order valence-electron chi connectivity index (χ4n) is 1.76. The van der Waals surface area contributed by atoms with E-state index in [-0.39, 0.29) is 11.9 Å². The third-order valence-electron chi connectivity index (χ3n) is 2.67. The number of ether oxygens (including phenoxy) is 1. The summed E-state index contributed by atoms with van der Waals surface area (Å²) in [7, 11) is 0. The summed E-state index contributed by atoms with van der Waals surface area (Å²) in [6.45, 7) is 1.35. The van der Waals surface area contributed by atoms with Crippen LogP contribution in [0.15, 0.2) is 24.3 Å². The van der Waals surface area contributed by atoms with Gasteiger partial charge in [-0.3, -0.25) is 5.32 Å². The van der Waals surface area contributed by atoms with Crippen LogP contribution in [-0.2, 0) is 4.74 Å². The minimum atomic E-state index is -0.509. The van der Waals surface area contributed by atoms with E-state index >= 15 is 0 Å². The SMILES string of the molecule is O=C(Nc1ccc(F)cc1)OCC1CCCN1. The van der Waals surface area contributed by atoms with Crippen molar-refractivity contribution in [2.75, 3.05) is 18.5 Å². The van der Waals surface area contributed by atoms with Gasteiger partial charge in [-0.1, -0.05) is 0 Å². The van der Waals surface area contributed by atoms with Gasteiger partial charge in [-0.15, -0.1) is 0 Å². The topological polar surface area (TPSA) is 50.4 Å². The number of hydrogen-bond donors (Lipinski definition) is 2. The molecule has 4 nitrogen and oxygen atoms in total. The van der Waals surface area contributed by atoms with E-state index in [2.05, 4.69) is 10.6 Å². The zero-order valence-electron chi connectivity index (χ0n) is 9.41. The van der Waals surface area contributed by atoms with E-state index in [1.54, 1.807) is 0 Å². The normalized spacial score (nSPS) is 19.0. The van der Waals surface area contributed by atoms with Crippen LogP contribution in [0, 0.1) is 5.82 Å². The molecule has 1 saturated heterocycles. The zero-order chi connectivity index (χ0) is 12.1.